The molecule has 0 aliphatic carbocycles. The van der Waals surface area contributed by atoms with Gasteiger partial charge < -0.3 is 10.1 Å². The fourth-order valence-corrected chi connectivity index (χ4v) is 0.648. The van der Waals surface area contributed by atoms with Gasteiger partial charge in [0.15, 0.2) is 0 Å². The van der Waals surface area contributed by atoms with Gasteiger partial charge in [-0.3, -0.25) is 0 Å². The Morgan fingerprint density at radius 2 is 2.20 bits per heavy atom. The van der Waals surface area contributed by atoms with E-state index in [0.717, 1.165) is 13.2 Å². The van der Waals surface area contributed by atoms with E-state index in [0.29, 0.717) is 0 Å². The van der Waals surface area contributed by atoms with Gasteiger partial charge in [0.25, 0.3) is 0 Å². The standard InChI is InChI=1S/C7H18BN2/c1-4-5-6-9-7-10(3)8-2/h9H,4-7H2,1-3H3. The molecule has 0 bridgehead atoms. The average molecular weight is 141 g/mol. The van der Waals surface area contributed by atoms with Gasteiger partial charge in [0.2, 0.25) is 7.41 Å². The van der Waals surface area contributed by atoms with E-state index in [9.17, 15) is 0 Å². The molecule has 1 N–H and O–H groups in total. The second-order valence-corrected chi connectivity index (χ2v) is 2.53. The second-order valence-electron chi connectivity index (χ2n) is 2.53. The van der Waals surface area contributed by atoms with Crippen LogP contribution < -0.4 is 5.32 Å². The first-order chi connectivity index (χ1) is 4.81. The Bertz CT molecular complexity index is 68.6. The topological polar surface area (TPSA) is 15.3 Å². The van der Waals surface area contributed by atoms with Gasteiger partial charge in [-0.15, -0.1) is 0 Å². The third kappa shape index (κ3) is 6.11. The first-order valence-corrected chi connectivity index (χ1v) is 4.01. The molecule has 0 aliphatic heterocycles. The number of unbranched alkanes of at least 4 members (excludes halogenated alkanes) is 1. The first-order valence-electron chi connectivity index (χ1n) is 4.01. The summed E-state index contributed by atoms with van der Waals surface area (Å²) in [6.07, 6.45) is 2.55. The summed E-state index contributed by atoms with van der Waals surface area (Å²) in [6.45, 7) is 6.35. The second kappa shape index (κ2) is 7.10. The van der Waals surface area contributed by atoms with Crippen molar-refractivity contribution >= 4 is 7.41 Å². The Balaban J connectivity index is 2.89. The lowest BCUT2D eigenvalue weighted by Gasteiger charge is -2.13. The molecule has 0 aromatic carbocycles. The summed E-state index contributed by atoms with van der Waals surface area (Å²) in [6, 6.07) is 0. The predicted octanol–water partition coefficient (Wildman–Crippen LogP) is 0.933. The Hall–Kier alpha value is -0.0151. The minimum atomic E-state index is 0.969. The van der Waals surface area contributed by atoms with E-state index in [2.05, 4.69) is 31.5 Å². The van der Waals surface area contributed by atoms with Crippen LogP contribution in [0.2, 0.25) is 6.82 Å². The predicted molar refractivity (Wildman–Crippen MR) is 47.2 cm³/mol. The maximum atomic E-state index is 3.33. The van der Waals surface area contributed by atoms with Crippen molar-refractivity contribution in [2.75, 3.05) is 20.3 Å². The smallest absolute Gasteiger partial charge is 0.206 e. The van der Waals surface area contributed by atoms with Gasteiger partial charge in [0, 0.05) is 6.67 Å². The Morgan fingerprint density at radius 1 is 1.50 bits per heavy atom. The summed E-state index contributed by atoms with van der Waals surface area (Å²) in [5.41, 5.74) is 0. The zero-order chi connectivity index (χ0) is 7.82. The van der Waals surface area contributed by atoms with Crippen LogP contribution in [0.3, 0.4) is 0 Å². The van der Waals surface area contributed by atoms with Crippen molar-refractivity contribution in [1.82, 2.24) is 10.1 Å². The molecular weight excluding hydrogens is 123 g/mol. The summed E-state index contributed by atoms with van der Waals surface area (Å²) < 4.78 is 0. The molecule has 59 valence electrons. The van der Waals surface area contributed by atoms with Gasteiger partial charge in [0.05, 0.1) is 0 Å². The highest BCUT2D eigenvalue weighted by molar-refractivity contribution is 6.29. The molecule has 0 saturated carbocycles. The van der Waals surface area contributed by atoms with Crippen LogP contribution in [-0.4, -0.2) is 32.5 Å². The zero-order valence-electron chi connectivity index (χ0n) is 7.35. The van der Waals surface area contributed by atoms with E-state index in [1.807, 2.05) is 6.82 Å². The van der Waals surface area contributed by atoms with Gasteiger partial charge >= 0.3 is 0 Å². The third-order valence-corrected chi connectivity index (χ3v) is 1.51. The number of nitrogens with one attached hydrogen (secondary N) is 1. The van der Waals surface area contributed by atoms with Crippen molar-refractivity contribution < 1.29 is 0 Å². The van der Waals surface area contributed by atoms with Gasteiger partial charge in [-0.2, -0.15) is 0 Å². The van der Waals surface area contributed by atoms with Crippen molar-refractivity contribution in [3.8, 4) is 0 Å². The molecule has 0 aliphatic rings. The van der Waals surface area contributed by atoms with Gasteiger partial charge in [-0.25, -0.2) is 0 Å². The SMILES string of the molecule is C[B]N(C)CNCCCC. The van der Waals surface area contributed by atoms with Crippen molar-refractivity contribution in [1.29, 1.82) is 0 Å². The van der Waals surface area contributed by atoms with Crippen molar-refractivity contribution in [2.24, 2.45) is 0 Å². The minimum absolute atomic E-state index is 0.969. The van der Waals surface area contributed by atoms with Crippen LogP contribution in [0.4, 0.5) is 0 Å². The zero-order valence-corrected chi connectivity index (χ0v) is 7.35. The number of nitrogens with zero attached hydrogens (tertiary/aromatic N) is 1. The molecule has 0 atom stereocenters. The summed E-state index contributed by atoms with van der Waals surface area (Å²) in [7, 11) is 4.14. The molecular formula is C7H18BN2. The highest BCUT2D eigenvalue weighted by Gasteiger charge is 1.91. The largest absolute Gasteiger partial charge is 0.338 e. The molecule has 0 fully saturated rings. The van der Waals surface area contributed by atoms with Crippen LogP contribution >= 0.6 is 0 Å². The van der Waals surface area contributed by atoms with Crippen LogP contribution in [0, 0.1) is 0 Å². The molecule has 0 amide bonds. The van der Waals surface area contributed by atoms with Crippen LogP contribution in [0.25, 0.3) is 0 Å². The van der Waals surface area contributed by atoms with E-state index in [1.165, 1.54) is 12.8 Å². The lowest BCUT2D eigenvalue weighted by Crippen LogP contribution is -2.33. The Labute approximate surface area is 65.2 Å². The van der Waals surface area contributed by atoms with Crippen molar-refractivity contribution in [3.63, 3.8) is 0 Å². The highest BCUT2D eigenvalue weighted by atomic mass is 15.1. The summed E-state index contributed by atoms with van der Waals surface area (Å²) in [4.78, 5) is 2.13. The van der Waals surface area contributed by atoms with Crippen LogP contribution in [-0.2, 0) is 0 Å². The minimum Gasteiger partial charge on any atom is -0.338 e. The molecule has 10 heavy (non-hydrogen) atoms. The molecule has 0 rings (SSSR count). The lowest BCUT2D eigenvalue weighted by molar-refractivity contribution is 0.463. The van der Waals surface area contributed by atoms with E-state index >= 15 is 0 Å². The van der Waals surface area contributed by atoms with E-state index in [-0.39, 0.29) is 0 Å². The highest BCUT2D eigenvalue weighted by Crippen LogP contribution is 1.82. The summed E-state index contributed by atoms with van der Waals surface area (Å²) >= 11 is 0. The average Bonchev–Trinajstić information content (AvgIpc) is 1.98. The van der Waals surface area contributed by atoms with Crippen LogP contribution in [0.5, 0.6) is 0 Å². The van der Waals surface area contributed by atoms with Gasteiger partial charge in [-0.05, 0) is 20.0 Å². The molecule has 2 nitrogen and oxygen atoms in total. The molecule has 0 heterocycles. The fraction of sp³-hybridized carbons (Fsp3) is 1.00. The molecule has 0 saturated heterocycles. The molecule has 0 unspecified atom stereocenters. The monoisotopic (exact) mass is 141 g/mol. The molecule has 3 heteroatoms. The lowest BCUT2D eigenvalue weighted by atomic mass is 9.98. The maximum Gasteiger partial charge on any atom is 0.206 e. The molecule has 0 aromatic rings. The Kier molecular flexibility index (Phi) is 7.09. The van der Waals surface area contributed by atoms with Gasteiger partial charge in [-0.1, -0.05) is 20.2 Å². The quantitative estimate of drug-likeness (QED) is 0.336. The Morgan fingerprint density at radius 3 is 2.70 bits per heavy atom. The van der Waals surface area contributed by atoms with Crippen molar-refractivity contribution in [3.05, 3.63) is 0 Å². The molecule has 0 aromatic heterocycles. The first kappa shape index (κ1) is 9.98. The van der Waals surface area contributed by atoms with Crippen LogP contribution in [0.15, 0.2) is 0 Å². The van der Waals surface area contributed by atoms with E-state index < -0.39 is 0 Å². The van der Waals surface area contributed by atoms with Gasteiger partial charge in [0.1, 0.15) is 0 Å². The summed E-state index contributed by atoms with van der Waals surface area (Å²) in [5.74, 6) is 0. The molecule has 1 radical (unpaired) electrons. The van der Waals surface area contributed by atoms with E-state index in [4.69, 9.17) is 0 Å². The normalized spacial score (nSPS) is 10.4. The molecule has 0 spiro atoms. The number of hydrogen-bond acceptors (Lipinski definition) is 2. The fourth-order valence-electron chi connectivity index (χ4n) is 0.648. The van der Waals surface area contributed by atoms with Crippen molar-refractivity contribution in [2.45, 2.75) is 26.6 Å². The summed E-state index contributed by atoms with van der Waals surface area (Å²) in [5, 5.41) is 3.33. The third-order valence-electron chi connectivity index (χ3n) is 1.51. The van der Waals surface area contributed by atoms with Crippen LogP contribution in [0.1, 0.15) is 19.8 Å². The number of rotatable bonds is 6. The number of hydrogen-bond donors (Lipinski definition) is 1. The van der Waals surface area contributed by atoms with E-state index in [1.54, 1.807) is 0 Å². The maximum absolute atomic E-state index is 3.33.